The predicted octanol–water partition coefficient (Wildman–Crippen LogP) is 2.82. The lowest BCUT2D eigenvalue weighted by atomic mass is 9.96. The topological polar surface area (TPSA) is 79.1 Å². The van der Waals surface area contributed by atoms with Gasteiger partial charge in [0, 0.05) is 5.56 Å². The Morgan fingerprint density at radius 2 is 1.88 bits per heavy atom. The van der Waals surface area contributed by atoms with Crippen molar-refractivity contribution in [1.82, 2.24) is 4.57 Å². The minimum absolute atomic E-state index is 0.233. The summed E-state index contributed by atoms with van der Waals surface area (Å²) in [5.74, 6) is 0.631. The average Bonchev–Trinajstić information content (AvgIpc) is 3.13. The number of hydrogen-bond acceptors (Lipinski definition) is 7. The summed E-state index contributed by atoms with van der Waals surface area (Å²) in [6, 6.07) is 14.3. The second-order valence-electron chi connectivity index (χ2n) is 7.30. The molecule has 4 rings (SSSR count). The van der Waals surface area contributed by atoms with Gasteiger partial charge in [-0.15, -0.1) is 0 Å². The van der Waals surface area contributed by atoms with Crippen molar-refractivity contribution in [2.75, 3.05) is 20.8 Å². The Hall–Kier alpha value is -3.65. The third-order valence-electron chi connectivity index (χ3n) is 5.35. The molecule has 0 radical (unpaired) electrons. The first-order valence-corrected chi connectivity index (χ1v) is 11.3. The molecule has 1 aliphatic rings. The molecule has 8 heteroatoms. The molecule has 0 spiro atoms. The third kappa shape index (κ3) is 4.09. The van der Waals surface area contributed by atoms with E-state index in [2.05, 4.69) is 4.99 Å². The molecule has 0 saturated carbocycles. The number of fused-ring (bicyclic) bond motifs is 1. The van der Waals surface area contributed by atoms with Gasteiger partial charge in [-0.25, -0.2) is 9.79 Å². The van der Waals surface area contributed by atoms with E-state index in [1.807, 2.05) is 42.5 Å². The van der Waals surface area contributed by atoms with Gasteiger partial charge in [0.2, 0.25) is 0 Å². The molecule has 170 valence electrons. The molecule has 0 saturated heterocycles. The molecule has 1 aromatic heterocycles. The van der Waals surface area contributed by atoms with Gasteiger partial charge < -0.3 is 14.2 Å². The van der Waals surface area contributed by atoms with Crippen molar-refractivity contribution in [1.29, 1.82) is 0 Å². The highest BCUT2D eigenvalue weighted by molar-refractivity contribution is 7.07. The Labute approximate surface area is 194 Å². The maximum Gasteiger partial charge on any atom is 0.338 e. The van der Waals surface area contributed by atoms with Crippen LogP contribution in [0.3, 0.4) is 0 Å². The van der Waals surface area contributed by atoms with Crippen LogP contribution in [0.4, 0.5) is 0 Å². The summed E-state index contributed by atoms with van der Waals surface area (Å²) in [5.41, 5.74) is 2.17. The number of para-hydroxylation sites is 1. The van der Waals surface area contributed by atoms with Crippen LogP contribution in [0.5, 0.6) is 11.5 Å². The molecule has 2 aromatic carbocycles. The molecular weight excluding hydrogens is 440 g/mol. The van der Waals surface area contributed by atoms with Crippen LogP contribution in [0.2, 0.25) is 0 Å². The first-order valence-electron chi connectivity index (χ1n) is 10.5. The van der Waals surface area contributed by atoms with Gasteiger partial charge >= 0.3 is 5.97 Å². The van der Waals surface area contributed by atoms with Crippen LogP contribution < -0.4 is 24.4 Å². The van der Waals surface area contributed by atoms with Crippen molar-refractivity contribution in [3.05, 3.63) is 90.6 Å². The fourth-order valence-corrected chi connectivity index (χ4v) is 4.95. The van der Waals surface area contributed by atoms with E-state index in [9.17, 15) is 9.59 Å². The Balaban J connectivity index is 1.96. The number of ether oxygens (including phenoxy) is 3. The monoisotopic (exact) mass is 464 g/mol. The number of thiazole rings is 1. The molecule has 0 N–H and O–H groups in total. The number of nitrogens with zero attached hydrogens (tertiary/aromatic N) is 2. The molecule has 0 bridgehead atoms. The molecule has 3 aromatic rings. The fourth-order valence-electron chi connectivity index (χ4n) is 3.91. The van der Waals surface area contributed by atoms with Crippen LogP contribution >= 0.6 is 11.3 Å². The summed E-state index contributed by atoms with van der Waals surface area (Å²) >= 11 is 1.26. The highest BCUT2D eigenvalue weighted by Crippen LogP contribution is 2.32. The van der Waals surface area contributed by atoms with Crippen molar-refractivity contribution < 1.29 is 19.0 Å². The van der Waals surface area contributed by atoms with Gasteiger partial charge in [-0.05, 0) is 31.6 Å². The van der Waals surface area contributed by atoms with Crippen molar-refractivity contribution >= 4 is 23.4 Å². The Morgan fingerprint density at radius 3 is 2.55 bits per heavy atom. The van der Waals surface area contributed by atoms with Gasteiger partial charge in [-0.3, -0.25) is 9.36 Å². The second-order valence-corrected chi connectivity index (χ2v) is 8.30. The number of aromatic nitrogens is 1. The molecule has 33 heavy (non-hydrogen) atoms. The van der Waals surface area contributed by atoms with Gasteiger partial charge in [0.1, 0.15) is 0 Å². The normalized spacial score (nSPS) is 15.6. The van der Waals surface area contributed by atoms with Crippen LogP contribution in [0.25, 0.3) is 6.08 Å². The highest BCUT2D eigenvalue weighted by Gasteiger charge is 2.33. The minimum atomic E-state index is -0.629. The van der Waals surface area contributed by atoms with Gasteiger partial charge in [0.25, 0.3) is 5.56 Å². The number of hydrogen-bond donors (Lipinski definition) is 0. The second kappa shape index (κ2) is 9.46. The molecular formula is C25H24N2O5S. The summed E-state index contributed by atoms with van der Waals surface area (Å²) < 4.78 is 18.2. The Bertz CT molecular complexity index is 1400. The minimum Gasteiger partial charge on any atom is -0.493 e. The van der Waals surface area contributed by atoms with Crippen molar-refractivity contribution in [3.8, 4) is 11.5 Å². The van der Waals surface area contributed by atoms with E-state index in [4.69, 9.17) is 14.2 Å². The van der Waals surface area contributed by atoms with Crippen LogP contribution in [-0.4, -0.2) is 31.4 Å². The van der Waals surface area contributed by atoms with Gasteiger partial charge in [-0.1, -0.05) is 53.8 Å². The molecule has 0 fully saturated rings. The first kappa shape index (κ1) is 22.5. The largest absolute Gasteiger partial charge is 0.493 e. The van der Waals surface area contributed by atoms with Crippen molar-refractivity contribution in [2.24, 2.45) is 4.99 Å². The number of benzene rings is 2. The SMILES string of the molecule is CCOC(=O)C1=C(C)N=c2s/c(=C/c3cccc(OC)c3OC)c(=O)n2[C@@H]1c1ccccc1. The Kier molecular flexibility index (Phi) is 6.46. The van der Waals surface area contributed by atoms with E-state index < -0.39 is 12.0 Å². The maximum atomic E-state index is 13.6. The Morgan fingerprint density at radius 1 is 1.12 bits per heavy atom. The average molecular weight is 465 g/mol. The van der Waals surface area contributed by atoms with Crippen LogP contribution in [0, 0.1) is 0 Å². The smallest absolute Gasteiger partial charge is 0.338 e. The maximum absolute atomic E-state index is 13.6. The number of allylic oxidation sites excluding steroid dienone is 1. The lowest BCUT2D eigenvalue weighted by molar-refractivity contribution is -0.139. The summed E-state index contributed by atoms with van der Waals surface area (Å²) in [4.78, 5) is 31.6. The van der Waals surface area contributed by atoms with Gasteiger partial charge in [0.05, 0.1) is 42.7 Å². The summed E-state index contributed by atoms with van der Waals surface area (Å²) in [6.45, 7) is 3.75. The number of methoxy groups -OCH3 is 2. The molecule has 1 aliphatic heterocycles. The fraction of sp³-hybridized carbons (Fsp3) is 0.240. The molecule has 0 aliphatic carbocycles. The molecule has 0 amide bonds. The summed E-state index contributed by atoms with van der Waals surface area (Å²) in [7, 11) is 3.12. The predicted molar refractivity (Wildman–Crippen MR) is 126 cm³/mol. The number of carbonyl (C=O) groups is 1. The number of carbonyl (C=O) groups excluding carboxylic acids is 1. The molecule has 0 unspecified atom stereocenters. The lowest BCUT2D eigenvalue weighted by Crippen LogP contribution is -2.39. The van der Waals surface area contributed by atoms with E-state index in [-0.39, 0.29) is 12.2 Å². The van der Waals surface area contributed by atoms with E-state index in [0.717, 1.165) is 5.56 Å². The molecule has 1 atom stereocenters. The zero-order valence-electron chi connectivity index (χ0n) is 18.8. The van der Waals surface area contributed by atoms with Crippen molar-refractivity contribution in [2.45, 2.75) is 19.9 Å². The summed E-state index contributed by atoms with van der Waals surface area (Å²) in [5, 5.41) is 0. The van der Waals surface area contributed by atoms with Crippen LogP contribution in [-0.2, 0) is 9.53 Å². The quantitative estimate of drug-likeness (QED) is 0.524. The van der Waals surface area contributed by atoms with Crippen LogP contribution in [0.15, 0.2) is 69.6 Å². The van der Waals surface area contributed by atoms with E-state index in [1.54, 1.807) is 44.8 Å². The molecule has 7 nitrogen and oxygen atoms in total. The first-order chi connectivity index (χ1) is 16.0. The van der Waals surface area contributed by atoms with Gasteiger partial charge in [-0.2, -0.15) is 0 Å². The zero-order chi connectivity index (χ0) is 23.5. The van der Waals surface area contributed by atoms with Crippen LogP contribution in [0.1, 0.15) is 31.0 Å². The lowest BCUT2D eigenvalue weighted by Gasteiger charge is -2.24. The zero-order valence-corrected chi connectivity index (χ0v) is 19.6. The van der Waals surface area contributed by atoms with Crippen molar-refractivity contribution in [3.63, 3.8) is 0 Å². The molecule has 2 heterocycles. The van der Waals surface area contributed by atoms with E-state index in [0.29, 0.717) is 37.7 Å². The van der Waals surface area contributed by atoms with E-state index >= 15 is 0 Å². The summed E-state index contributed by atoms with van der Waals surface area (Å²) in [6.07, 6.45) is 1.76. The number of rotatable bonds is 6. The standard InChI is InChI=1S/C25H24N2O5S/c1-5-32-24(29)20-15(2)26-25-27(21(20)16-10-7-6-8-11-16)23(28)19(33-25)14-17-12-9-13-18(30-3)22(17)31-4/h6-14,21H,5H2,1-4H3/b19-14+/t21-/m1/s1. The van der Waals surface area contributed by atoms with Gasteiger partial charge in [0.15, 0.2) is 16.3 Å². The highest BCUT2D eigenvalue weighted by atomic mass is 32.1. The third-order valence-corrected chi connectivity index (χ3v) is 6.34. The number of esters is 1. The van der Waals surface area contributed by atoms with E-state index in [1.165, 1.54) is 11.3 Å².